The molecule has 0 unspecified atom stereocenters. The SMILES string of the molecule is Cc1ccc(-n2c(S[C@H](C)C#N)nc3ccccc3c2=O)cc1. The number of hydrogen-bond acceptors (Lipinski definition) is 4. The van der Waals surface area contributed by atoms with Gasteiger partial charge >= 0.3 is 0 Å². The minimum atomic E-state index is -0.292. The topological polar surface area (TPSA) is 58.7 Å². The molecule has 23 heavy (non-hydrogen) atoms. The quantitative estimate of drug-likeness (QED) is 0.545. The van der Waals surface area contributed by atoms with Crippen molar-refractivity contribution in [3.63, 3.8) is 0 Å². The van der Waals surface area contributed by atoms with E-state index in [0.717, 1.165) is 11.3 Å². The van der Waals surface area contributed by atoms with Gasteiger partial charge in [0.1, 0.15) is 0 Å². The second kappa shape index (κ2) is 6.27. The van der Waals surface area contributed by atoms with Crippen molar-refractivity contribution in [3.8, 4) is 11.8 Å². The first-order valence-electron chi connectivity index (χ1n) is 7.25. The van der Waals surface area contributed by atoms with E-state index in [1.54, 1.807) is 17.6 Å². The lowest BCUT2D eigenvalue weighted by molar-refractivity contribution is 0.818. The first-order valence-corrected chi connectivity index (χ1v) is 8.13. The summed E-state index contributed by atoms with van der Waals surface area (Å²) in [4.78, 5) is 17.5. The Hall–Kier alpha value is -2.58. The number of nitriles is 1. The molecule has 0 amide bonds. The maximum Gasteiger partial charge on any atom is 0.266 e. The van der Waals surface area contributed by atoms with Crippen LogP contribution in [0.15, 0.2) is 58.5 Å². The van der Waals surface area contributed by atoms with E-state index in [1.165, 1.54) is 11.8 Å². The average Bonchev–Trinajstić information content (AvgIpc) is 2.56. The number of thioether (sulfide) groups is 1. The Morgan fingerprint density at radius 2 is 1.87 bits per heavy atom. The number of benzene rings is 2. The van der Waals surface area contributed by atoms with Crippen LogP contribution in [-0.4, -0.2) is 14.8 Å². The predicted octanol–water partition coefficient (Wildman–Crippen LogP) is 3.70. The molecule has 1 aromatic heterocycles. The van der Waals surface area contributed by atoms with Gasteiger partial charge in [-0.25, -0.2) is 4.98 Å². The highest BCUT2D eigenvalue weighted by Gasteiger charge is 2.15. The lowest BCUT2D eigenvalue weighted by atomic mass is 10.2. The van der Waals surface area contributed by atoms with Gasteiger partial charge < -0.3 is 0 Å². The fraction of sp³-hybridized carbons (Fsp3) is 0.167. The first kappa shape index (κ1) is 15.3. The summed E-state index contributed by atoms with van der Waals surface area (Å²) >= 11 is 1.29. The number of para-hydroxylation sites is 1. The lowest BCUT2D eigenvalue weighted by Gasteiger charge is -2.14. The van der Waals surface area contributed by atoms with Crippen LogP contribution in [0.5, 0.6) is 0 Å². The van der Waals surface area contributed by atoms with Crippen LogP contribution in [-0.2, 0) is 0 Å². The summed E-state index contributed by atoms with van der Waals surface area (Å²) in [5.74, 6) is 0. The van der Waals surface area contributed by atoms with Crippen LogP contribution >= 0.6 is 11.8 Å². The van der Waals surface area contributed by atoms with E-state index in [0.29, 0.717) is 16.1 Å². The number of aryl methyl sites for hydroxylation is 1. The van der Waals surface area contributed by atoms with Gasteiger partial charge in [0.15, 0.2) is 5.16 Å². The molecule has 0 saturated heterocycles. The third-order valence-electron chi connectivity index (χ3n) is 3.50. The van der Waals surface area contributed by atoms with Crippen molar-refractivity contribution in [1.82, 2.24) is 9.55 Å². The molecule has 5 heteroatoms. The summed E-state index contributed by atoms with van der Waals surface area (Å²) < 4.78 is 1.58. The zero-order chi connectivity index (χ0) is 16.4. The van der Waals surface area contributed by atoms with E-state index in [-0.39, 0.29) is 10.8 Å². The van der Waals surface area contributed by atoms with Crippen LogP contribution in [0.3, 0.4) is 0 Å². The maximum absolute atomic E-state index is 12.9. The number of aromatic nitrogens is 2. The monoisotopic (exact) mass is 321 g/mol. The summed E-state index contributed by atoms with van der Waals surface area (Å²) in [6.07, 6.45) is 0. The van der Waals surface area contributed by atoms with Gasteiger partial charge in [-0.05, 0) is 38.1 Å². The highest BCUT2D eigenvalue weighted by atomic mass is 32.2. The van der Waals surface area contributed by atoms with Crippen molar-refractivity contribution >= 4 is 22.7 Å². The van der Waals surface area contributed by atoms with E-state index < -0.39 is 0 Å². The first-order chi connectivity index (χ1) is 11.1. The molecule has 114 valence electrons. The lowest BCUT2D eigenvalue weighted by Crippen LogP contribution is -2.22. The highest BCUT2D eigenvalue weighted by Crippen LogP contribution is 2.24. The van der Waals surface area contributed by atoms with Crippen LogP contribution in [0, 0.1) is 18.3 Å². The van der Waals surface area contributed by atoms with Crippen LogP contribution in [0.2, 0.25) is 0 Å². The minimum Gasteiger partial charge on any atom is -0.268 e. The largest absolute Gasteiger partial charge is 0.268 e. The molecule has 1 atom stereocenters. The predicted molar refractivity (Wildman–Crippen MR) is 93.0 cm³/mol. The van der Waals surface area contributed by atoms with E-state index in [1.807, 2.05) is 49.4 Å². The highest BCUT2D eigenvalue weighted by molar-refractivity contribution is 8.00. The smallest absolute Gasteiger partial charge is 0.266 e. The van der Waals surface area contributed by atoms with Gasteiger partial charge in [0.05, 0.1) is 27.9 Å². The van der Waals surface area contributed by atoms with Gasteiger partial charge in [0.25, 0.3) is 5.56 Å². The minimum absolute atomic E-state index is 0.118. The Labute approximate surface area is 138 Å². The van der Waals surface area contributed by atoms with Gasteiger partial charge in [0.2, 0.25) is 0 Å². The third-order valence-corrected chi connectivity index (χ3v) is 4.44. The van der Waals surface area contributed by atoms with Gasteiger partial charge in [-0.2, -0.15) is 5.26 Å². The zero-order valence-corrected chi connectivity index (χ0v) is 13.7. The summed E-state index contributed by atoms with van der Waals surface area (Å²) in [5.41, 5.74) is 2.40. The number of nitrogens with zero attached hydrogens (tertiary/aromatic N) is 3. The summed E-state index contributed by atoms with van der Waals surface area (Å²) in [5, 5.41) is 9.90. The van der Waals surface area contributed by atoms with Crippen LogP contribution < -0.4 is 5.56 Å². The van der Waals surface area contributed by atoms with Crippen molar-refractivity contribution < 1.29 is 0 Å². The summed E-state index contributed by atoms with van der Waals surface area (Å²) in [6.45, 7) is 3.80. The summed E-state index contributed by atoms with van der Waals surface area (Å²) in [7, 11) is 0. The molecule has 0 aliphatic heterocycles. The molecule has 0 spiro atoms. The van der Waals surface area contributed by atoms with Crippen LogP contribution in [0.4, 0.5) is 0 Å². The Morgan fingerprint density at radius 3 is 2.57 bits per heavy atom. The molecule has 4 nitrogen and oxygen atoms in total. The molecule has 0 aliphatic rings. The molecule has 0 radical (unpaired) electrons. The molecule has 3 aromatic rings. The molecule has 3 rings (SSSR count). The Bertz CT molecular complexity index is 955. The zero-order valence-electron chi connectivity index (χ0n) is 12.9. The molecular weight excluding hydrogens is 306 g/mol. The second-order valence-corrected chi connectivity index (χ2v) is 6.58. The van der Waals surface area contributed by atoms with E-state index >= 15 is 0 Å². The standard InChI is InChI=1S/C18H15N3OS/c1-12-7-9-14(10-8-12)21-17(22)15-5-3-4-6-16(15)20-18(21)23-13(2)11-19/h3-10,13H,1-2H3/t13-/m1/s1. The van der Waals surface area contributed by atoms with Crippen molar-refractivity contribution in [2.24, 2.45) is 0 Å². The Balaban J connectivity index is 2.30. The van der Waals surface area contributed by atoms with Crippen molar-refractivity contribution in [3.05, 3.63) is 64.4 Å². The number of rotatable bonds is 3. The van der Waals surface area contributed by atoms with Crippen molar-refractivity contribution in [2.75, 3.05) is 0 Å². The fourth-order valence-electron chi connectivity index (χ4n) is 2.30. The Kier molecular flexibility index (Phi) is 4.18. The fourth-order valence-corrected chi connectivity index (χ4v) is 3.11. The van der Waals surface area contributed by atoms with Gasteiger partial charge in [-0.15, -0.1) is 0 Å². The maximum atomic E-state index is 12.9. The normalized spacial score (nSPS) is 12.0. The molecule has 2 aromatic carbocycles. The molecule has 0 fully saturated rings. The second-order valence-electron chi connectivity index (χ2n) is 5.28. The molecular formula is C18H15N3OS. The van der Waals surface area contributed by atoms with E-state index in [9.17, 15) is 4.79 Å². The van der Waals surface area contributed by atoms with Crippen LogP contribution in [0.25, 0.3) is 16.6 Å². The van der Waals surface area contributed by atoms with Gasteiger partial charge in [0, 0.05) is 0 Å². The van der Waals surface area contributed by atoms with Gasteiger partial charge in [-0.3, -0.25) is 9.36 Å². The van der Waals surface area contributed by atoms with E-state index in [4.69, 9.17) is 5.26 Å². The third kappa shape index (κ3) is 2.99. The summed E-state index contributed by atoms with van der Waals surface area (Å²) in [6, 6.07) is 17.2. The number of fused-ring (bicyclic) bond motifs is 1. The molecule has 0 bridgehead atoms. The molecule has 0 saturated carbocycles. The van der Waals surface area contributed by atoms with Crippen molar-refractivity contribution in [1.29, 1.82) is 5.26 Å². The van der Waals surface area contributed by atoms with Crippen LogP contribution in [0.1, 0.15) is 12.5 Å². The van der Waals surface area contributed by atoms with E-state index in [2.05, 4.69) is 11.1 Å². The molecule has 0 N–H and O–H groups in total. The van der Waals surface area contributed by atoms with Gasteiger partial charge in [-0.1, -0.05) is 41.6 Å². The molecule has 1 heterocycles. The average molecular weight is 321 g/mol. The van der Waals surface area contributed by atoms with Crippen molar-refractivity contribution in [2.45, 2.75) is 24.3 Å². The number of hydrogen-bond donors (Lipinski definition) is 0. The molecule has 0 aliphatic carbocycles. The Morgan fingerprint density at radius 1 is 1.17 bits per heavy atom.